The fourth-order valence-electron chi connectivity index (χ4n) is 4.28. The highest BCUT2D eigenvalue weighted by atomic mass is 16.6. The van der Waals surface area contributed by atoms with E-state index >= 15 is 0 Å². The molecule has 4 amide bonds. The van der Waals surface area contributed by atoms with Crippen LogP contribution in [0.4, 0.5) is 4.79 Å². The Labute approximate surface area is 228 Å². The number of unbranched alkanes of at least 4 members (excludes halogenated alkanes) is 2. The van der Waals surface area contributed by atoms with E-state index in [-0.39, 0.29) is 18.7 Å². The van der Waals surface area contributed by atoms with E-state index in [9.17, 15) is 19.2 Å². The second-order valence-corrected chi connectivity index (χ2v) is 11.9. The number of alkyl carbamates (subject to hydrolysis) is 1. The Hall–Kier alpha value is -3.10. The van der Waals surface area contributed by atoms with Gasteiger partial charge in [0.25, 0.3) is 0 Å². The molecule has 0 saturated heterocycles. The molecule has 38 heavy (non-hydrogen) atoms. The van der Waals surface area contributed by atoms with E-state index in [0.29, 0.717) is 12.1 Å². The number of nitrogens with two attached hydrogens (primary N) is 1. The van der Waals surface area contributed by atoms with Crippen molar-refractivity contribution in [3.05, 3.63) is 34.9 Å². The van der Waals surface area contributed by atoms with Gasteiger partial charge in [0.1, 0.15) is 17.7 Å². The second kappa shape index (κ2) is 14.2. The highest BCUT2D eigenvalue weighted by molar-refractivity contribution is 5.93. The van der Waals surface area contributed by atoms with E-state index in [2.05, 4.69) is 17.6 Å². The van der Waals surface area contributed by atoms with Crippen molar-refractivity contribution < 1.29 is 23.9 Å². The summed E-state index contributed by atoms with van der Waals surface area (Å²) in [5, 5.41) is 5.62. The molecule has 4 N–H and O–H groups in total. The molecule has 0 aliphatic heterocycles. The van der Waals surface area contributed by atoms with Gasteiger partial charge in [0.15, 0.2) is 0 Å². The number of amides is 4. The summed E-state index contributed by atoms with van der Waals surface area (Å²) in [4.78, 5) is 53.7. The molecule has 9 heteroatoms. The van der Waals surface area contributed by atoms with Crippen molar-refractivity contribution in [2.24, 2.45) is 5.73 Å². The van der Waals surface area contributed by atoms with Crippen LogP contribution in [0.15, 0.2) is 18.2 Å². The third-order valence-electron chi connectivity index (χ3n) is 5.77. The number of carbonyl (C=O) groups excluding carboxylic acids is 4. The van der Waals surface area contributed by atoms with Gasteiger partial charge in [0.2, 0.25) is 17.7 Å². The molecule has 1 aromatic rings. The Balaban J connectivity index is 3.57. The zero-order valence-corrected chi connectivity index (χ0v) is 24.7. The minimum atomic E-state index is -1.13. The minimum Gasteiger partial charge on any atom is -0.444 e. The Kier molecular flexibility index (Phi) is 12.3. The fourth-order valence-corrected chi connectivity index (χ4v) is 4.28. The number of aryl methyl sites for hydroxylation is 2. The molecule has 0 aliphatic rings. The maximum atomic E-state index is 14.2. The zero-order chi connectivity index (χ0) is 29.3. The summed E-state index contributed by atoms with van der Waals surface area (Å²) >= 11 is 0. The number of benzene rings is 1. The molecule has 0 bridgehead atoms. The first-order valence-corrected chi connectivity index (χ1v) is 13.4. The van der Waals surface area contributed by atoms with Crippen LogP contribution in [0.2, 0.25) is 0 Å². The van der Waals surface area contributed by atoms with Gasteiger partial charge in [-0.05, 0) is 73.8 Å². The number of hydrogen-bond acceptors (Lipinski definition) is 5. The summed E-state index contributed by atoms with van der Waals surface area (Å²) in [6.45, 7) is 17.1. The Morgan fingerprint density at radius 3 is 2.03 bits per heavy atom. The monoisotopic (exact) mass is 532 g/mol. The number of primary amides is 1. The summed E-state index contributed by atoms with van der Waals surface area (Å²) in [5.74, 6) is -1.41. The number of carbonyl (C=O) groups is 4. The van der Waals surface area contributed by atoms with Gasteiger partial charge in [0.05, 0.1) is 0 Å². The maximum absolute atomic E-state index is 14.2. The number of nitrogens with zero attached hydrogens (tertiary/aromatic N) is 1. The molecule has 9 nitrogen and oxygen atoms in total. The van der Waals surface area contributed by atoms with Gasteiger partial charge >= 0.3 is 6.09 Å². The Morgan fingerprint density at radius 2 is 1.55 bits per heavy atom. The van der Waals surface area contributed by atoms with Crippen LogP contribution in [0.5, 0.6) is 0 Å². The third kappa shape index (κ3) is 11.1. The molecule has 0 saturated carbocycles. The van der Waals surface area contributed by atoms with E-state index in [1.807, 2.05) is 52.8 Å². The van der Waals surface area contributed by atoms with Crippen molar-refractivity contribution in [3.63, 3.8) is 0 Å². The molecule has 0 spiro atoms. The Morgan fingerprint density at radius 1 is 0.974 bits per heavy atom. The van der Waals surface area contributed by atoms with Crippen molar-refractivity contribution in [2.45, 2.75) is 118 Å². The van der Waals surface area contributed by atoms with Crippen LogP contribution in [0.3, 0.4) is 0 Å². The van der Waals surface area contributed by atoms with Crippen LogP contribution in [0.1, 0.15) is 103 Å². The maximum Gasteiger partial charge on any atom is 0.408 e. The molecule has 214 valence electrons. The van der Waals surface area contributed by atoms with E-state index < -0.39 is 41.1 Å². The van der Waals surface area contributed by atoms with E-state index in [1.54, 1.807) is 20.8 Å². The lowest BCUT2D eigenvalue weighted by atomic mass is 9.93. The Bertz CT molecular complexity index is 958. The molecular weight excluding hydrogens is 484 g/mol. The van der Waals surface area contributed by atoms with Gasteiger partial charge in [0, 0.05) is 18.5 Å². The van der Waals surface area contributed by atoms with Crippen molar-refractivity contribution >= 4 is 23.8 Å². The van der Waals surface area contributed by atoms with E-state index in [0.717, 1.165) is 30.4 Å². The zero-order valence-electron chi connectivity index (χ0n) is 24.7. The van der Waals surface area contributed by atoms with Crippen molar-refractivity contribution in [1.82, 2.24) is 15.5 Å². The predicted octanol–water partition coefficient (Wildman–Crippen LogP) is 4.44. The number of nitrogens with one attached hydrogen (secondary N) is 2. The van der Waals surface area contributed by atoms with Gasteiger partial charge in [-0.2, -0.15) is 0 Å². The highest BCUT2D eigenvalue weighted by Crippen LogP contribution is 2.31. The van der Waals surface area contributed by atoms with Crippen LogP contribution in [0.25, 0.3) is 0 Å². The number of hydrogen-bond donors (Lipinski definition) is 3. The SMILES string of the molecule is CCCCCNC(=O)C(c1cc(C)cc(C)c1)N(C(=O)C(CCC(N)=O)NC(=O)OC(C)(C)C)C(C)(C)C. The summed E-state index contributed by atoms with van der Waals surface area (Å²) in [5.41, 5.74) is 6.36. The van der Waals surface area contributed by atoms with Gasteiger partial charge < -0.3 is 26.0 Å². The molecule has 1 rings (SSSR count). The lowest BCUT2D eigenvalue weighted by molar-refractivity contribution is -0.148. The van der Waals surface area contributed by atoms with Crippen molar-refractivity contribution in [2.75, 3.05) is 6.54 Å². The molecular formula is C29H48N4O5. The molecule has 0 aromatic heterocycles. The minimum absolute atomic E-state index is 0.0301. The first kappa shape index (κ1) is 32.9. The summed E-state index contributed by atoms with van der Waals surface area (Å²) in [6, 6.07) is 3.71. The lowest BCUT2D eigenvalue weighted by Gasteiger charge is -2.43. The topological polar surface area (TPSA) is 131 Å². The van der Waals surface area contributed by atoms with Gasteiger partial charge in [-0.15, -0.1) is 0 Å². The molecule has 0 heterocycles. The van der Waals surface area contributed by atoms with Gasteiger partial charge in [-0.1, -0.05) is 49.1 Å². The van der Waals surface area contributed by atoms with E-state index in [4.69, 9.17) is 10.5 Å². The first-order valence-electron chi connectivity index (χ1n) is 13.4. The standard InChI is InChI=1S/C29H48N4O5/c1-10-11-12-15-31-25(35)24(21-17-19(2)16-20(3)18-21)33(28(4,5)6)26(36)22(13-14-23(30)34)32-27(37)38-29(7,8)9/h16-18,22,24H,10-15H2,1-9H3,(H2,30,34)(H,31,35)(H,32,37). The molecule has 0 aliphatic carbocycles. The van der Waals surface area contributed by atoms with Crippen molar-refractivity contribution in [3.8, 4) is 0 Å². The van der Waals surface area contributed by atoms with E-state index in [1.165, 1.54) is 4.90 Å². The molecule has 0 radical (unpaired) electrons. The average Bonchev–Trinajstić information content (AvgIpc) is 2.74. The third-order valence-corrected chi connectivity index (χ3v) is 5.77. The summed E-state index contributed by atoms with van der Waals surface area (Å²) in [6.07, 6.45) is 1.87. The highest BCUT2D eigenvalue weighted by Gasteiger charge is 2.42. The molecule has 2 unspecified atom stereocenters. The summed E-state index contributed by atoms with van der Waals surface area (Å²) < 4.78 is 5.37. The van der Waals surface area contributed by atoms with Gasteiger partial charge in [-0.3, -0.25) is 14.4 Å². The second-order valence-electron chi connectivity index (χ2n) is 11.9. The predicted molar refractivity (Wildman–Crippen MR) is 149 cm³/mol. The number of rotatable bonds is 12. The first-order chi connectivity index (χ1) is 17.5. The average molecular weight is 533 g/mol. The van der Waals surface area contributed by atoms with Crippen LogP contribution >= 0.6 is 0 Å². The summed E-state index contributed by atoms with van der Waals surface area (Å²) in [7, 11) is 0. The van der Waals surface area contributed by atoms with Crippen molar-refractivity contribution in [1.29, 1.82) is 0 Å². The largest absolute Gasteiger partial charge is 0.444 e. The normalized spacial score (nSPS) is 13.3. The van der Waals surface area contributed by atoms with Gasteiger partial charge in [-0.25, -0.2) is 4.79 Å². The van der Waals surface area contributed by atoms with Crippen LogP contribution in [0, 0.1) is 13.8 Å². The van der Waals surface area contributed by atoms with Crippen LogP contribution < -0.4 is 16.4 Å². The van der Waals surface area contributed by atoms with Crippen LogP contribution in [-0.2, 0) is 19.1 Å². The smallest absolute Gasteiger partial charge is 0.408 e. The molecule has 2 atom stereocenters. The lowest BCUT2D eigenvalue weighted by Crippen LogP contribution is -2.58. The molecule has 0 fully saturated rings. The molecule has 1 aromatic carbocycles. The van der Waals surface area contributed by atoms with Crippen LogP contribution in [-0.4, -0.2) is 52.4 Å². The fraction of sp³-hybridized carbons (Fsp3) is 0.655. The number of ether oxygens (including phenoxy) is 1. The quantitative estimate of drug-likeness (QED) is 0.343.